The molecule has 0 radical (unpaired) electrons. The fourth-order valence-corrected chi connectivity index (χ4v) is 3.11. The Morgan fingerprint density at radius 1 is 1.00 bits per heavy atom. The first-order valence-electron chi connectivity index (χ1n) is 6.48. The van der Waals surface area contributed by atoms with E-state index >= 15 is 0 Å². The van der Waals surface area contributed by atoms with Gasteiger partial charge in [0.15, 0.2) is 5.41 Å². The normalized spacial score (nSPS) is 29.1. The van der Waals surface area contributed by atoms with Crippen LogP contribution in [0.5, 0.6) is 0 Å². The van der Waals surface area contributed by atoms with Crippen molar-refractivity contribution in [2.45, 2.75) is 39.5 Å². The number of carbonyl (C=O) groups excluding carboxylic acids is 2. The summed E-state index contributed by atoms with van der Waals surface area (Å²) in [6.45, 7) is 4.16. The monoisotopic (exact) mass is 240 g/mol. The highest BCUT2D eigenvalue weighted by atomic mass is 16.6. The molecule has 2 unspecified atom stereocenters. The minimum absolute atomic E-state index is 0.315. The fourth-order valence-electron chi connectivity index (χ4n) is 3.11. The smallest absolute Gasteiger partial charge is 0.323 e. The molecule has 2 aliphatic carbocycles. The lowest BCUT2D eigenvalue weighted by Crippen LogP contribution is -2.40. The van der Waals surface area contributed by atoms with Gasteiger partial charge in [0.1, 0.15) is 0 Å². The molecule has 0 aromatic heterocycles. The average molecular weight is 240 g/mol. The van der Waals surface area contributed by atoms with Gasteiger partial charge in [0.25, 0.3) is 0 Å². The van der Waals surface area contributed by atoms with Crippen molar-refractivity contribution in [1.82, 2.24) is 0 Å². The van der Waals surface area contributed by atoms with Crippen molar-refractivity contribution >= 4 is 11.9 Å². The topological polar surface area (TPSA) is 52.6 Å². The lowest BCUT2D eigenvalue weighted by atomic mass is 9.77. The van der Waals surface area contributed by atoms with E-state index in [1.54, 1.807) is 13.8 Å². The van der Waals surface area contributed by atoms with E-state index in [1.165, 1.54) is 0 Å². The summed E-state index contributed by atoms with van der Waals surface area (Å²) in [6.07, 6.45) is 3.50. The lowest BCUT2D eigenvalue weighted by molar-refractivity contribution is -0.171. The zero-order chi connectivity index (χ0) is 12.5. The number of fused-ring (bicyclic) bond motifs is 1. The van der Waals surface area contributed by atoms with Crippen LogP contribution in [0.3, 0.4) is 0 Å². The molecule has 0 aromatic carbocycles. The summed E-state index contributed by atoms with van der Waals surface area (Å²) in [5, 5.41) is 0. The fraction of sp³-hybridized carbons (Fsp3) is 0.846. The molecule has 4 heteroatoms. The van der Waals surface area contributed by atoms with E-state index < -0.39 is 5.41 Å². The Bertz CT molecular complexity index is 291. The van der Waals surface area contributed by atoms with Crippen molar-refractivity contribution < 1.29 is 19.1 Å². The van der Waals surface area contributed by atoms with Crippen LogP contribution in [0, 0.1) is 17.3 Å². The van der Waals surface area contributed by atoms with E-state index in [1.807, 2.05) is 0 Å². The Hall–Kier alpha value is -1.06. The van der Waals surface area contributed by atoms with Gasteiger partial charge in [-0.1, -0.05) is 0 Å². The SMILES string of the molecule is CCOC(=O)C1(C(=O)OCC)CC2CCC2C1. The number of carbonyl (C=O) groups is 2. The number of esters is 2. The van der Waals surface area contributed by atoms with Crippen LogP contribution in [0.25, 0.3) is 0 Å². The molecule has 2 rings (SSSR count). The Morgan fingerprint density at radius 3 is 1.71 bits per heavy atom. The maximum absolute atomic E-state index is 12.1. The molecule has 0 saturated heterocycles. The van der Waals surface area contributed by atoms with Gasteiger partial charge in [-0.15, -0.1) is 0 Å². The van der Waals surface area contributed by atoms with E-state index in [0.717, 1.165) is 12.8 Å². The second-order valence-electron chi connectivity index (χ2n) is 5.03. The minimum Gasteiger partial charge on any atom is -0.465 e. The molecular formula is C13H20O4. The average Bonchev–Trinajstić information content (AvgIpc) is 2.54. The molecule has 0 heterocycles. The summed E-state index contributed by atoms with van der Waals surface area (Å²) in [7, 11) is 0. The maximum atomic E-state index is 12.1. The van der Waals surface area contributed by atoms with Gasteiger partial charge < -0.3 is 9.47 Å². The highest BCUT2D eigenvalue weighted by Crippen LogP contribution is 2.56. The molecule has 17 heavy (non-hydrogen) atoms. The summed E-state index contributed by atoms with van der Waals surface area (Å²) in [5.74, 6) is 0.272. The second-order valence-corrected chi connectivity index (χ2v) is 5.03. The molecule has 0 aromatic rings. The first kappa shape index (κ1) is 12.4. The van der Waals surface area contributed by atoms with Gasteiger partial charge in [-0.05, 0) is 51.4 Å². The van der Waals surface area contributed by atoms with E-state index in [0.29, 0.717) is 37.9 Å². The summed E-state index contributed by atoms with van der Waals surface area (Å²) < 4.78 is 10.2. The van der Waals surface area contributed by atoms with Gasteiger partial charge in [-0.25, -0.2) is 0 Å². The zero-order valence-corrected chi connectivity index (χ0v) is 10.5. The van der Waals surface area contributed by atoms with Crippen LogP contribution in [-0.4, -0.2) is 25.2 Å². The maximum Gasteiger partial charge on any atom is 0.323 e. The van der Waals surface area contributed by atoms with Crippen molar-refractivity contribution in [3.8, 4) is 0 Å². The molecule has 4 nitrogen and oxygen atoms in total. The summed E-state index contributed by atoms with van der Waals surface area (Å²) in [5.41, 5.74) is -1.00. The number of ether oxygens (including phenoxy) is 2. The molecule has 2 saturated carbocycles. The summed E-state index contributed by atoms with van der Waals surface area (Å²) >= 11 is 0. The van der Waals surface area contributed by atoms with Crippen LogP contribution in [0.2, 0.25) is 0 Å². The van der Waals surface area contributed by atoms with E-state index in [2.05, 4.69) is 0 Å². The summed E-state index contributed by atoms with van der Waals surface area (Å²) in [4.78, 5) is 24.2. The highest BCUT2D eigenvalue weighted by Gasteiger charge is 2.59. The third-order valence-electron chi connectivity index (χ3n) is 4.13. The molecule has 0 amide bonds. The third-order valence-corrected chi connectivity index (χ3v) is 4.13. The Morgan fingerprint density at radius 2 is 1.41 bits per heavy atom. The number of hydrogen-bond donors (Lipinski definition) is 0. The predicted molar refractivity (Wildman–Crippen MR) is 61.1 cm³/mol. The molecule has 0 spiro atoms. The van der Waals surface area contributed by atoms with Crippen LogP contribution in [-0.2, 0) is 19.1 Å². The zero-order valence-electron chi connectivity index (χ0n) is 10.5. The van der Waals surface area contributed by atoms with Crippen molar-refractivity contribution in [3.63, 3.8) is 0 Å². The van der Waals surface area contributed by atoms with Gasteiger partial charge in [0.05, 0.1) is 13.2 Å². The van der Waals surface area contributed by atoms with Crippen LogP contribution in [0.4, 0.5) is 0 Å². The molecular weight excluding hydrogens is 220 g/mol. The quantitative estimate of drug-likeness (QED) is 0.556. The Balaban J connectivity index is 2.17. The van der Waals surface area contributed by atoms with Gasteiger partial charge in [-0.3, -0.25) is 9.59 Å². The van der Waals surface area contributed by atoms with Gasteiger partial charge in [0, 0.05) is 0 Å². The molecule has 0 N–H and O–H groups in total. The van der Waals surface area contributed by atoms with E-state index in [4.69, 9.17) is 9.47 Å². The molecule has 0 aliphatic heterocycles. The molecule has 2 atom stereocenters. The van der Waals surface area contributed by atoms with Crippen molar-refractivity contribution in [3.05, 3.63) is 0 Å². The van der Waals surface area contributed by atoms with Crippen molar-refractivity contribution in [1.29, 1.82) is 0 Å². The molecule has 2 aliphatic rings. The first-order valence-corrected chi connectivity index (χ1v) is 6.48. The standard InChI is InChI=1S/C13H20O4/c1-3-16-11(14)13(12(15)17-4-2)7-9-5-6-10(9)8-13/h9-10H,3-8H2,1-2H3. The predicted octanol–water partition coefficient (Wildman–Crippen LogP) is 1.92. The number of hydrogen-bond acceptors (Lipinski definition) is 4. The van der Waals surface area contributed by atoms with Crippen LogP contribution in [0.1, 0.15) is 39.5 Å². The van der Waals surface area contributed by atoms with Gasteiger partial charge in [-0.2, -0.15) is 0 Å². The molecule has 2 fully saturated rings. The van der Waals surface area contributed by atoms with E-state index in [-0.39, 0.29) is 11.9 Å². The van der Waals surface area contributed by atoms with Crippen molar-refractivity contribution in [2.75, 3.05) is 13.2 Å². The van der Waals surface area contributed by atoms with Crippen LogP contribution >= 0.6 is 0 Å². The lowest BCUT2D eigenvalue weighted by Gasteiger charge is -2.29. The van der Waals surface area contributed by atoms with Crippen LogP contribution in [0.15, 0.2) is 0 Å². The van der Waals surface area contributed by atoms with Gasteiger partial charge in [0.2, 0.25) is 0 Å². The Labute approximate surface area is 102 Å². The minimum atomic E-state index is -1.00. The molecule has 0 bridgehead atoms. The molecule has 96 valence electrons. The largest absolute Gasteiger partial charge is 0.465 e. The summed E-state index contributed by atoms with van der Waals surface area (Å²) in [6, 6.07) is 0. The number of rotatable bonds is 4. The highest BCUT2D eigenvalue weighted by molar-refractivity contribution is 6.00. The van der Waals surface area contributed by atoms with Crippen molar-refractivity contribution in [2.24, 2.45) is 17.3 Å². The second kappa shape index (κ2) is 4.67. The van der Waals surface area contributed by atoms with Gasteiger partial charge >= 0.3 is 11.9 Å². The van der Waals surface area contributed by atoms with E-state index in [9.17, 15) is 9.59 Å². The van der Waals surface area contributed by atoms with Crippen LogP contribution < -0.4 is 0 Å². The Kier molecular flexibility index (Phi) is 3.40. The third kappa shape index (κ3) is 1.94. The first-order chi connectivity index (χ1) is 8.14.